The zero-order valence-electron chi connectivity index (χ0n) is 8.66. The van der Waals surface area contributed by atoms with Crippen LogP contribution in [-0.4, -0.2) is 26.5 Å². The minimum absolute atomic E-state index is 0.0669. The molecule has 0 fully saturated rings. The van der Waals surface area contributed by atoms with Crippen LogP contribution in [0.15, 0.2) is 16.5 Å². The van der Waals surface area contributed by atoms with Gasteiger partial charge >= 0.3 is 0 Å². The predicted molar refractivity (Wildman–Crippen MR) is 67.4 cm³/mol. The number of hydrogen-bond donors (Lipinski definition) is 1. The Morgan fingerprint density at radius 2 is 2.20 bits per heavy atom. The van der Waals surface area contributed by atoms with E-state index in [0.29, 0.717) is 6.54 Å². The summed E-state index contributed by atoms with van der Waals surface area (Å²) in [4.78, 5) is 0. The number of nitrogens with one attached hydrogen (secondary N) is 1. The fourth-order valence-electron chi connectivity index (χ4n) is 1.23. The summed E-state index contributed by atoms with van der Waals surface area (Å²) < 4.78 is 28.2. The van der Waals surface area contributed by atoms with Crippen molar-refractivity contribution in [2.75, 3.05) is 12.0 Å². The maximum Gasteiger partial charge on any atom is 0.164 e. The van der Waals surface area contributed by atoms with Crippen LogP contribution < -0.4 is 5.32 Å². The summed E-state index contributed by atoms with van der Waals surface area (Å²) >= 11 is 2.09. The van der Waals surface area contributed by atoms with E-state index in [1.807, 2.05) is 19.1 Å². The number of hydrogen-bond acceptors (Lipinski definition) is 4. The number of rotatable bonds is 5. The van der Waals surface area contributed by atoms with Gasteiger partial charge in [0.1, 0.15) is 15.6 Å². The lowest BCUT2D eigenvalue weighted by atomic mass is 10.3. The van der Waals surface area contributed by atoms with E-state index in [0.717, 1.165) is 9.53 Å². The first-order valence-electron chi connectivity index (χ1n) is 4.52. The molecule has 1 rings (SSSR count). The van der Waals surface area contributed by atoms with Gasteiger partial charge in [-0.25, -0.2) is 8.42 Å². The normalized spacial score (nSPS) is 14.1. The Morgan fingerprint density at radius 1 is 1.53 bits per heavy atom. The van der Waals surface area contributed by atoms with Gasteiger partial charge in [-0.05, 0) is 41.6 Å². The predicted octanol–water partition coefficient (Wildman–Crippen LogP) is 1.41. The van der Waals surface area contributed by atoms with Gasteiger partial charge in [0.25, 0.3) is 0 Å². The largest absolute Gasteiger partial charge is 0.454 e. The second-order valence-electron chi connectivity index (χ2n) is 3.58. The molecule has 1 N–H and O–H groups in total. The second-order valence-corrected chi connectivity index (χ2v) is 6.83. The van der Waals surface area contributed by atoms with E-state index in [4.69, 9.17) is 4.42 Å². The third-order valence-electron chi connectivity index (χ3n) is 1.81. The molecule has 15 heavy (non-hydrogen) atoms. The number of halogens is 1. The van der Waals surface area contributed by atoms with Crippen molar-refractivity contribution in [2.45, 2.75) is 19.5 Å². The first-order chi connectivity index (χ1) is 6.87. The van der Waals surface area contributed by atoms with Crippen LogP contribution >= 0.6 is 22.6 Å². The molecule has 0 spiro atoms. The fraction of sp³-hybridized carbons (Fsp3) is 0.556. The molecular formula is C9H14INO3S. The molecule has 0 aliphatic carbocycles. The van der Waals surface area contributed by atoms with Crippen molar-refractivity contribution in [3.8, 4) is 0 Å². The summed E-state index contributed by atoms with van der Waals surface area (Å²) in [7, 11) is -2.92. The van der Waals surface area contributed by atoms with Crippen molar-refractivity contribution in [1.82, 2.24) is 5.32 Å². The number of furan rings is 1. The van der Waals surface area contributed by atoms with Gasteiger partial charge in [0.2, 0.25) is 0 Å². The van der Waals surface area contributed by atoms with E-state index in [1.54, 1.807) is 0 Å². The average Bonchev–Trinajstić information content (AvgIpc) is 2.45. The van der Waals surface area contributed by atoms with E-state index >= 15 is 0 Å². The minimum Gasteiger partial charge on any atom is -0.454 e. The first-order valence-corrected chi connectivity index (χ1v) is 7.66. The quantitative estimate of drug-likeness (QED) is 0.822. The summed E-state index contributed by atoms with van der Waals surface area (Å²) in [6.45, 7) is 2.40. The van der Waals surface area contributed by atoms with Gasteiger partial charge in [0.15, 0.2) is 3.77 Å². The van der Waals surface area contributed by atoms with Crippen molar-refractivity contribution in [3.63, 3.8) is 0 Å². The van der Waals surface area contributed by atoms with Crippen molar-refractivity contribution in [2.24, 2.45) is 0 Å². The molecule has 0 aliphatic heterocycles. The molecule has 1 atom stereocenters. The highest BCUT2D eigenvalue weighted by Crippen LogP contribution is 2.09. The van der Waals surface area contributed by atoms with Crippen molar-refractivity contribution in [3.05, 3.63) is 21.7 Å². The van der Waals surface area contributed by atoms with E-state index < -0.39 is 9.84 Å². The molecule has 0 amide bonds. The summed E-state index contributed by atoms with van der Waals surface area (Å²) in [5.74, 6) is 0.963. The maximum absolute atomic E-state index is 11.0. The Kier molecular flexibility index (Phi) is 4.60. The molecule has 1 aromatic rings. The molecule has 6 heteroatoms. The van der Waals surface area contributed by atoms with Crippen molar-refractivity contribution in [1.29, 1.82) is 0 Å². The SMILES string of the molecule is CC(CS(C)(=O)=O)NCc1ccc(I)o1. The van der Waals surface area contributed by atoms with Crippen LogP contribution in [0.4, 0.5) is 0 Å². The first kappa shape index (κ1) is 13.0. The smallest absolute Gasteiger partial charge is 0.164 e. The van der Waals surface area contributed by atoms with E-state index in [2.05, 4.69) is 27.9 Å². The third kappa shape index (κ3) is 5.53. The maximum atomic E-state index is 11.0. The van der Waals surface area contributed by atoms with Crippen LogP contribution in [0.3, 0.4) is 0 Å². The average molecular weight is 343 g/mol. The molecule has 1 unspecified atom stereocenters. The Hall–Kier alpha value is -0.0800. The van der Waals surface area contributed by atoms with Gasteiger partial charge in [-0.3, -0.25) is 0 Å². The molecule has 0 aliphatic rings. The summed E-state index contributed by atoms with van der Waals surface area (Å²) in [6.07, 6.45) is 1.24. The highest BCUT2D eigenvalue weighted by molar-refractivity contribution is 14.1. The highest BCUT2D eigenvalue weighted by Gasteiger charge is 2.10. The fourth-order valence-corrected chi connectivity index (χ4v) is 2.72. The molecule has 0 aromatic carbocycles. The lowest BCUT2D eigenvalue weighted by molar-refractivity contribution is 0.448. The van der Waals surface area contributed by atoms with Crippen LogP contribution in [0, 0.1) is 3.77 Å². The van der Waals surface area contributed by atoms with Crippen molar-refractivity contribution < 1.29 is 12.8 Å². The minimum atomic E-state index is -2.92. The topological polar surface area (TPSA) is 59.3 Å². The lowest BCUT2D eigenvalue weighted by Gasteiger charge is -2.10. The van der Waals surface area contributed by atoms with Crippen molar-refractivity contribution >= 4 is 32.4 Å². The summed E-state index contributed by atoms with van der Waals surface area (Å²) in [5.41, 5.74) is 0. The van der Waals surface area contributed by atoms with Crippen LogP contribution in [0.5, 0.6) is 0 Å². The summed E-state index contributed by atoms with van der Waals surface area (Å²) in [6, 6.07) is 3.68. The molecule has 1 heterocycles. The van der Waals surface area contributed by atoms with Gasteiger partial charge in [0.05, 0.1) is 12.3 Å². The lowest BCUT2D eigenvalue weighted by Crippen LogP contribution is -2.32. The van der Waals surface area contributed by atoms with Crippen LogP contribution in [0.2, 0.25) is 0 Å². The molecular weight excluding hydrogens is 329 g/mol. The van der Waals surface area contributed by atoms with Gasteiger partial charge in [0, 0.05) is 12.3 Å². The van der Waals surface area contributed by atoms with Crippen LogP contribution in [0.25, 0.3) is 0 Å². The Bertz CT molecular complexity index is 413. The Labute approximate surface area is 103 Å². The molecule has 86 valence electrons. The zero-order chi connectivity index (χ0) is 11.5. The Balaban J connectivity index is 2.37. The zero-order valence-corrected chi connectivity index (χ0v) is 11.6. The van der Waals surface area contributed by atoms with E-state index in [9.17, 15) is 8.42 Å². The van der Waals surface area contributed by atoms with Gasteiger partial charge < -0.3 is 9.73 Å². The van der Waals surface area contributed by atoms with Gasteiger partial charge in [-0.1, -0.05) is 0 Å². The Morgan fingerprint density at radius 3 is 2.67 bits per heavy atom. The standard InChI is InChI=1S/C9H14INO3S/c1-7(6-15(2,12)13)11-5-8-3-4-9(10)14-8/h3-4,7,11H,5-6H2,1-2H3. The van der Waals surface area contributed by atoms with Gasteiger partial charge in [-0.15, -0.1) is 0 Å². The van der Waals surface area contributed by atoms with Gasteiger partial charge in [-0.2, -0.15) is 0 Å². The molecule has 0 saturated heterocycles. The van der Waals surface area contributed by atoms with Crippen LogP contribution in [-0.2, 0) is 16.4 Å². The monoisotopic (exact) mass is 343 g/mol. The summed E-state index contributed by atoms with van der Waals surface area (Å²) in [5, 5.41) is 3.09. The highest BCUT2D eigenvalue weighted by atomic mass is 127. The van der Waals surface area contributed by atoms with Crippen LogP contribution in [0.1, 0.15) is 12.7 Å². The second kappa shape index (κ2) is 5.31. The van der Waals surface area contributed by atoms with E-state index in [1.165, 1.54) is 6.26 Å². The third-order valence-corrected chi connectivity index (χ3v) is 3.49. The molecule has 0 bridgehead atoms. The van der Waals surface area contributed by atoms with E-state index in [-0.39, 0.29) is 11.8 Å². The molecule has 4 nitrogen and oxygen atoms in total. The number of sulfone groups is 1. The molecule has 0 saturated carbocycles. The molecule has 1 aromatic heterocycles. The molecule has 0 radical (unpaired) electrons.